The summed E-state index contributed by atoms with van der Waals surface area (Å²) in [5.41, 5.74) is 0. The lowest BCUT2D eigenvalue weighted by atomic mass is 10.3. The molecule has 10 heavy (non-hydrogen) atoms. The predicted octanol–water partition coefficient (Wildman–Crippen LogP) is 2.69. The molecule has 1 atom stereocenters. The Labute approximate surface area is 65.8 Å². The molecule has 0 bridgehead atoms. The zero-order chi connectivity index (χ0) is 8.36. The standard InChI is InChI=1S/C8H18OSi/c1-7(2)9-10(6)8(3,4)5/h10H,1H2,2-6H3. The second kappa shape index (κ2) is 3.24. The highest BCUT2D eigenvalue weighted by Gasteiger charge is 2.23. The van der Waals surface area contributed by atoms with Gasteiger partial charge in [-0.05, 0) is 18.5 Å². The van der Waals surface area contributed by atoms with Crippen molar-refractivity contribution in [3.8, 4) is 0 Å². The first-order valence-electron chi connectivity index (χ1n) is 3.66. The van der Waals surface area contributed by atoms with Gasteiger partial charge < -0.3 is 4.43 Å². The van der Waals surface area contributed by atoms with Gasteiger partial charge in [0, 0.05) is 0 Å². The average Bonchev–Trinajstić information content (AvgIpc) is 1.60. The van der Waals surface area contributed by atoms with E-state index in [0.29, 0.717) is 5.04 Å². The summed E-state index contributed by atoms with van der Waals surface area (Å²) in [6.07, 6.45) is 0. The summed E-state index contributed by atoms with van der Waals surface area (Å²) >= 11 is 0. The fraction of sp³-hybridized carbons (Fsp3) is 0.750. The summed E-state index contributed by atoms with van der Waals surface area (Å²) in [5.74, 6) is 0.856. The molecule has 0 saturated carbocycles. The Balaban J connectivity index is 3.85. The summed E-state index contributed by atoms with van der Waals surface area (Å²) in [4.78, 5) is 0. The van der Waals surface area contributed by atoms with Crippen molar-refractivity contribution in [3.63, 3.8) is 0 Å². The fourth-order valence-electron chi connectivity index (χ4n) is 0.479. The molecule has 0 aliphatic rings. The Bertz CT molecular complexity index is 124. The largest absolute Gasteiger partial charge is 0.550 e. The van der Waals surface area contributed by atoms with Gasteiger partial charge >= 0.3 is 0 Å². The lowest BCUT2D eigenvalue weighted by Crippen LogP contribution is -2.24. The Kier molecular flexibility index (Phi) is 3.16. The molecular formula is C8H18OSi. The molecule has 0 rings (SSSR count). The first kappa shape index (κ1) is 9.76. The van der Waals surface area contributed by atoms with E-state index in [4.69, 9.17) is 4.43 Å². The second-order valence-electron chi connectivity index (χ2n) is 3.83. The number of rotatable bonds is 2. The van der Waals surface area contributed by atoms with Gasteiger partial charge in [0.15, 0.2) is 0 Å². The van der Waals surface area contributed by atoms with Crippen molar-refractivity contribution >= 4 is 9.04 Å². The van der Waals surface area contributed by atoms with Crippen LogP contribution >= 0.6 is 0 Å². The lowest BCUT2D eigenvalue weighted by molar-refractivity contribution is 0.411. The van der Waals surface area contributed by atoms with E-state index >= 15 is 0 Å². The van der Waals surface area contributed by atoms with Crippen LogP contribution in [0, 0.1) is 0 Å². The van der Waals surface area contributed by atoms with Crippen LogP contribution in [0.25, 0.3) is 0 Å². The normalized spacial score (nSPS) is 14.5. The third kappa shape index (κ3) is 3.72. The molecule has 0 N–H and O–H groups in total. The van der Waals surface area contributed by atoms with Crippen LogP contribution in [-0.4, -0.2) is 9.04 Å². The molecule has 0 aliphatic heterocycles. The molecule has 0 saturated heterocycles. The van der Waals surface area contributed by atoms with E-state index in [1.807, 2.05) is 6.92 Å². The summed E-state index contributed by atoms with van der Waals surface area (Å²) in [7, 11) is -1.05. The van der Waals surface area contributed by atoms with E-state index < -0.39 is 9.04 Å². The minimum absolute atomic E-state index is 0.346. The van der Waals surface area contributed by atoms with Gasteiger partial charge in [-0.2, -0.15) is 0 Å². The van der Waals surface area contributed by atoms with Crippen LogP contribution in [0.15, 0.2) is 12.3 Å². The molecule has 1 nitrogen and oxygen atoms in total. The molecule has 1 unspecified atom stereocenters. The zero-order valence-electron chi connectivity index (χ0n) is 7.69. The number of hydrogen-bond acceptors (Lipinski definition) is 1. The maximum atomic E-state index is 5.56. The topological polar surface area (TPSA) is 9.23 Å². The molecule has 0 aliphatic carbocycles. The van der Waals surface area contributed by atoms with Crippen LogP contribution in [0.2, 0.25) is 11.6 Å². The molecule has 0 amide bonds. The molecule has 0 spiro atoms. The van der Waals surface area contributed by atoms with Crippen LogP contribution in [-0.2, 0) is 4.43 Å². The highest BCUT2D eigenvalue weighted by atomic mass is 28.3. The Morgan fingerprint density at radius 3 is 1.90 bits per heavy atom. The molecule has 2 heteroatoms. The van der Waals surface area contributed by atoms with E-state index in [-0.39, 0.29) is 0 Å². The van der Waals surface area contributed by atoms with E-state index in [0.717, 1.165) is 5.76 Å². The van der Waals surface area contributed by atoms with Gasteiger partial charge in [-0.1, -0.05) is 27.4 Å². The molecular weight excluding hydrogens is 140 g/mol. The van der Waals surface area contributed by atoms with Crippen molar-refractivity contribution in [2.75, 3.05) is 0 Å². The quantitative estimate of drug-likeness (QED) is 0.443. The van der Waals surface area contributed by atoms with E-state index in [1.54, 1.807) is 0 Å². The molecule has 0 heterocycles. The van der Waals surface area contributed by atoms with Crippen molar-refractivity contribution in [1.29, 1.82) is 0 Å². The SMILES string of the molecule is C=C(C)O[SiH](C)C(C)(C)C. The third-order valence-corrected chi connectivity index (χ3v) is 4.79. The van der Waals surface area contributed by atoms with Crippen molar-refractivity contribution in [2.45, 2.75) is 39.3 Å². The first-order chi connectivity index (χ1) is 4.34. The van der Waals surface area contributed by atoms with Crippen LogP contribution in [0.1, 0.15) is 27.7 Å². The van der Waals surface area contributed by atoms with E-state index in [2.05, 4.69) is 33.9 Å². The highest BCUT2D eigenvalue weighted by Crippen LogP contribution is 2.27. The smallest absolute Gasteiger partial charge is 0.237 e. The molecule has 0 aromatic rings. The minimum Gasteiger partial charge on any atom is -0.550 e. The zero-order valence-corrected chi connectivity index (χ0v) is 8.85. The summed E-state index contributed by atoms with van der Waals surface area (Å²) in [6, 6.07) is 0. The molecule has 0 aromatic heterocycles. The van der Waals surface area contributed by atoms with Gasteiger partial charge in [-0.3, -0.25) is 0 Å². The van der Waals surface area contributed by atoms with Crippen molar-refractivity contribution in [3.05, 3.63) is 12.3 Å². The van der Waals surface area contributed by atoms with Crippen molar-refractivity contribution < 1.29 is 4.43 Å². The minimum atomic E-state index is -1.05. The van der Waals surface area contributed by atoms with Crippen LogP contribution < -0.4 is 0 Å². The Morgan fingerprint density at radius 2 is 1.80 bits per heavy atom. The fourth-order valence-corrected chi connectivity index (χ4v) is 1.44. The van der Waals surface area contributed by atoms with Gasteiger partial charge in [0.2, 0.25) is 9.04 Å². The van der Waals surface area contributed by atoms with Crippen LogP contribution in [0.4, 0.5) is 0 Å². The number of allylic oxidation sites excluding steroid dienone is 1. The van der Waals surface area contributed by atoms with Crippen molar-refractivity contribution in [1.82, 2.24) is 0 Å². The molecule has 0 fully saturated rings. The Morgan fingerprint density at radius 1 is 1.40 bits per heavy atom. The maximum absolute atomic E-state index is 5.56. The van der Waals surface area contributed by atoms with Crippen LogP contribution in [0.5, 0.6) is 0 Å². The third-order valence-electron chi connectivity index (χ3n) is 1.60. The highest BCUT2D eigenvalue weighted by molar-refractivity contribution is 6.54. The Hall–Kier alpha value is -0.243. The summed E-state index contributed by atoms with van der Waals surface area (Å²) < 4.78 is 5.56. The second-order valence-corrected chi connectivity index (χ2v) is 7.08. The van der Waals surface area contributed by atoms with Crippen molar-refractivity contribution in [2.24, 2.45) is 0 Å². The molecule has 0 aromatic carbocycles. The summed E-state index contributed by atoms with van der Waals surface area (Å²) in [6.45, 7) is 14.5. The van der Waals surface area contributed by atoms with E-state index in [1.165, 1.54) is 0 Å². The van der Waals surface area contributed by atoms with Gasteiger partial charge in [-0.25, -0.2) is 0 Å². The van der Waals surface area contributed by atoms with E-state index in [9.17, 15) is 0 Å². The number of hydrogen-bond donors (Lipinski definition) is 0. The first-order valence-corrected chi connectivity index (χ1v) is 5.86. The van der Waals surface area contributed by atoms with Gasteiger partial charge in [-0.15, -0.1) is 0 Å². The molecule has 0 radical (unpaired) electrons. The van der Waals surface area contributed by atoms with Gasteiger partial charge in [0.25, 0.3) is 0 Å². The monoisotopic (exact) mass is 158 g/mol. The van der Waals surface area contributed by atoms with Gasteiger partial charge in [0.05, 0.1) is 5.76 Å². The van der Waals surface area contributed by atoms with Crippen LogP contribution in [0.3, 0.4) is 0 Å². The maximum Gasteiger partial charge on any atom is 0.237 e. The van der Waals surface area contributed by atoms with Gasteiger partial charge in [0.1, 0.15) is 0 Å². The lowest BCUT2D eigenvalue weighted by Gasteiger charge is -2.26. The molecule has 60 valence electrons. The summed E-state index contributed by atoms with van der Waals surface area (Å²) in [5, 5.41) is 0.346. The average molecular weight is 158 g/mol. The predicted molar refractivity (Wildman–Crippen MR) is 48.6 cm³/mol.